The van der Waals surface area contributed by atoms with E-state index in [2.05, 4.69) is 20.0 Å². The van der Waals surface area contributed by atoms with Gasteiger partial charge in [-0.15, -0.1) is 0 Å². The topological polar surface area (TPSA) is 87.6 Å². The molecule has 1 aromatic heterocycles. The Morgan fingerprint density at radius 2 is 2.16 bits per heavy atom. The van der Waals surface area contributed by atoms with Crippen LogP contribution in [0.1, 0.15) is 13.3 Å². The molecule has 1 heterocycles. The summed E-state index contributed by atoms with van der Waals surface area (Å²) in [4.78, 5) is 10.7. The smallest absolute Gasteiger partial charge is 0.140 e. The van der Waals surface area contributed by atoms with Crippen LogP contribution in [-0.2, 0) is 0 Å². The molecule has 3 N–H and O–H groups in total. The largest absolute Gasteiger partial charge is 0.409 e. The van der Waals surface area contributed by atoms with Gasteiger partial charge in [0.2, 0.25) is 0 Å². The van der Waals surface area contributed by atoms with Crippen LogP contribution in [0.15, 0.2) is 35.7 Å². The zero-order valence-electron chi connectivity index (χ0n) is 10.8. The predicted octanol–water partition coefficient (Wildman–Crippen LogP) is 1.59. The number of oxime groups is 1. The molecule has 2 aromatic rings. The Kier molecular flexibility index (Phi) is 4.12. The molecule has 0 saturated heterocycles. The molecule has 0 aliphatic carbocycles. The fourth-order valence-corrected chi connectivity index (χ4v) is 1.96. The first kappa shape index (κ1) is 13.1. The second-order valence-corrected chi connectivity index (χ2v) is 4.14. The molecule has 0 aliphatic rings. The van der Waals surface area contributed by atoms with E-state index in [1.807, 2.05) is 31.2 Å². The Morgan fingerprint density at radius 1 is 1.37 bits per heavy atom. The number of aromatic nitrogens is 2. The normalized spacial score (nSPS) is 11.7. The highest BCUT2D eigenvalue weighted by atomic mass is 16.4. The number of benzene rings is 1. The summed E-state index contributed by atoms with van der Waals surface area (Å²) in [5.74, 6) is 1.09. The van der Waals surface area contributed by atoms with Gasteiger partial charge in [-0.2, -0.15) is 0 Å². The number of para-hydroxylation sites is 1. The zero-order valence-corrected chi connectivity index (χ0v) is 10.8. The Balaban J connectivity index is 2.30. The Labute approximate surface area is 111 Å². The summed E-state index contributed by atoms with van der Waals surface area (Å²) in [6, 6.07) is 7.87. The Hall–Kier alpha value is -2.37. The first-order chi connectivity index (χ1) is 9.26. The predicted molar refractivity (Wildman–Crippen MR) is 75.5 cm³/mol. The number of fused-ring (bicyclic) bond motifs is 1. The fraction of sp³-hybridized carbons (Fsp3) is 0.308. The van der Waals surface area contributed by atoms with Gasteiger partial charge in [0, 0.05) is 24.9 Å². The average Bonchev–Trinajstić information content (AvgIpc) is 2.47. The first-order valence-corrected chi connectivity index (χ1v) is 6.17. The van der Waals surface area contributed by atoms with E-state index in [4.69, 9.17) is 10.9 Å². The van der Waals surface area contributed by atoms with Gasteiger partial charge >= 0.3 is 0 Å². The van der Waals surface area contributed by atoms with Crippen LogP contribution in [0.4, 0.5) is 5.82 Å². The summed E-state index contributed by atoms with van der Waals surface area (Å²) in [6.45, 7) is 3.48. The van der Waals surface area contributed by atoms with Crippen molar-refractivity contribution in [2.24, 2.45) is 10.9 Å². The number of anilines is 1. The van der Waals surface area contributed by atoms with Crippen LogP contribution in [-0.4, -0.2) is 34.1 Å². The maximum absolute atomic E-state index is 8.58. The van der Waals surface area contributed by atoms with E-state index in [1.165, 1.54) is 0 Å². The summed E-state index contributed by atoms with van der Waals surface area (Å²) in [5.41, 5.74) is 6.42. The third-order valence-electron chi connectivity index (χ3n) is 2.97. The van der Waals surface area contributed by atoms with E-state index >= 15 is 0 Å². The van der Waals surface area contributed by atoms with E-state index in [0.717, 1.165) is 23.3 Å². The quantitative estimate of drug-likeness (QED) is 0.368. The fourth-order valence-electron chi connectivity index (χ4n) is 1.96. The van der Waals surface area contributed by atoms with Gasteiger partial charge in [-0.3, -0.25) is 0 Å². The zero-order chi connectivity index (χ0) is 13.7. The lowest BCUT2D eigenvalue weighted by Gasteiger charge is -2.22. The minimum atomic E-state index is 0.219. The lowest BCUT2D eigenvalue weighted by atomic mass is 10.2. The standard InChI is InChI=1S/C13H17N5O/c1-2-18(8-7-12(14)17-19)13-10-5-3-4-6-11(10)15-9-16-13/h3-6,9,19H,2,7-8H2,1H3,(H2,14,17). The summed E-state index contributed by atoms with van der Waals surface area (Å²) in [5, 5.41) is 12.6. The number of amidine groups is 1. The Bertz CT molecular complexity index is 579. The van der Waals surface area contributed by atoms with Crippen LogP contribution < -0.4 is 10.6 Å². The van der Waals surface area contributed by atoms with Crippen molar-refractivity contribution in [1.82, 2.24) is 9.97 Å². The maximum atomic E-state index is 8.58. The van der Waals surface area contributed by atoms with Crippen molar-refractivity contribution in [3.8, 4) is 0 Å². The third kappa shape index (κ3) is 2.90. The van der Waals surface area contributed by atoms with Gasteiger partial charge in [-0.25, -0.2) is 9.97 Å². The molecule has 0 spiro atoms. The van der Waals surface area contributed by atoms with Crippen molar-refractivity contribution in [1.29, 1.82) is 0 Å². The highest BCUT2D eigenvalue weighted by Crippen LogP contribution is 2.22. The van der Waals surface area contributed by atoms with E-state index < -0.39 is 0 Å². The highest BCUT2D eigenvalue weighted by molar-refractivity contribution is 5.89. The molecule has 0 unspecified atom stereocenters. The molecule has 1 aromatic carbocycles. The monoisotopic (exact) mass is 259 g/mol. The van der Waals surface area contributed by atoms with E-state index in [9.17, 15) is 0 Å². The van der Waals surface area contributed by atoms with Crippen molar-refractivity contribution in [2.75, 3.05) is 18.0 Å². The van der Waals surface area contributed by atoms with Crippen molar-refractivity contribution in [3.05, 3.63) is 30.6 Å². The second kappa shape index (κ2) is 5.99. The minimum Gasteiger partial charge on any atom is -0.409 e. The number of hydrogen-bond donors (Lipinski definition) is 2. The van der Waals surface area contributed by atoms with Gasteiger partial charge in [-0.05, 0) is 19.1 Å². The summed E-state index contributed by atoms with van der Waals surface area (Å²) >= 11 is 0. The molecule has 0 radical (unpaired) electrons. The molecule has 2 rings (SSSR count). The summed E-state index contributed by atoms with van der Waals surface area (Å²) in [6.07, 6.45) is 2.05. The molecule has 19 heavy (non-hydrogen) atoms. The molecule has 100 valence electrons. The van der Waals surface area contributed by atoms with Crippen LogP contribution in [0.25, 0.3) is 10.9 Å². The van der Waals surface area contributed by atoms with Crippen LogP contribution >= 0.6 is 0 Å². The lowest BCUT2D eigenvalue weighted by Crippen LogP contribution is -2.28. The van der Waals surface area contributed by atoms with Crippen molar-refractivity contribution in [3.63, 3.8) is 0 Å². The highest BCUT2D eigenvalue weighted by Gasteiger charge is 2.10. The van der Waals surface area contributed by atoms with Crippen molar-refractivity contribution < 1.29 is 5.21 Å². The second-order valence-electron chi connectivity index (χ2n) is 4.14. The molecule has 0 bridgehead atoms. The molecule has 0 saturated carbocycles. The lowest BCUT2D eigenvalue weighted by molar-refractivity contribution is 0.317. The van der Waals surface area contributed by atoms with Crippen LogP contribution in [0.3, 0.4) is 0 Å². The maximum Gasteiger partial charge on any atom is 0.140 e. The molecule has 6 heteroatoms. The van der Waals surface area contributed by atoms with Gasteiger partial charge in [0.25, 0.3) is 0 Å². The molecule has 0 fully saturated rings. The van der Waals surface area contributed by atoms with Crippen molar-refractivity contribution >= 4 is 22.6 Å². The number of nitrogens with zero attached hydrogens (tertiary/aromatic N) is 4. The van der Waals surface area contributed by atoms with Gasteiger partial charge in [0.15, 0.2) is 0 Å². The molecular formula is C13H17N5O. The van der Waals surface area contributed by atoms with E-state index in [-0.39, 0.29) is 5.84 Å². The Morgan fingerprint density at radius 3 is 2.89 bits per heavy atom. The van der Waals surface area contributed by atoms with Gasteiger partial charge in [0.05, 0.1) is 5.52 Å². The molecular weight excluding hydrogens is 242 g/mol. The minimum absolute atomic E-state index is 0.219. The third-order valence-corrected chi connectivity index (χ3v) is 2.97. The van der Waals surface area contributed by atoms with E-state index in [1.54, 1.807) is 6.33 Å². The number of rotatable bonds is 5. The molecule has 6 nitrogen and oxygen atoms in total. The van der Waals surface area contributed by atoms with Gasteiger partial charge in [0.1, 0.15) is 18.0 Å². The molecule has 0 amide bonds. The molecule has 0 atom stereocenters. The summed E-state index contributed by atoms with van der Waals surface area (Å²) < 4.78 is 0. The first-order valence-electron chi connectivity index (χ1n) is 6.17. The van der Waals surface area contributed by atoms with Gasteiger partial charge in [-0.1, -0.05) is 17.3 Å². The molecule has 0 aliphatic heterocycles. The average molecular weight is 259 g/mol. The van der Waals surface area contributed by atoms with Crippen LogP contribution in [0.5, 0.6) is 0 Å². The van der Waals surface area contributed by atoms with Crippen molar-refractivity contribution in [2.45, 2.75) is 13.3 Å². The van der Waals surface area contributed by atoms with Crippen LogP contribution in [0, 0.1) is 0 Å². The van der Waals surface area contributed by atoms with E-state index in [0.29, 0.717) is 13.0 Å². The van der Waals surface area contributed by atoms with Gasteiger partial charge < -0.3 is 15.8 Å². The summed E-state index contributed by atoms with van der Waals surface area (Å²) in [7, 11) is 0. The van der Waals surface area contributed by atoms with Crippen LogP contribution in [0.2, 0.25) is 0 Å². The number of nitrogens with two attached hydrogens (primary N) is 1. The number of hydrogen-bond acceptors (Lipinski definition) is 5. The SMILES string of the molecule is CCN(CC/C(N)=N/O)c1ncnc2ccccc12.